The molecule has 0 unspecified atom stereocenters. The second-order valence-corrected chi connectivity index (χ2v) is 4.76. The maximum absolute atomic E-state index is 10.6. The van der Waals surface area contributed by atoms with Gasteiger partial charge in [-0.25, -0.2) is 0 Å². The fraction of sp³-hybridized carbons (Fsp3) is 0.214. The summed E-state index contributed by atoms with van der Waals surface area (Å²) in [4.78, 5) is 14.3. The van der Waals surface area contributed by atoms with Gasteiger partial charge in [0.1, 0.15) is 12.3 Å². The molecule has 23 heavy (non-hydrogen) atoms. The Morgan fingerprint density at radius 1 is 1.30 bits per heavy atom. The highest BCUT2D eigenvalue weighted by molar-refractivity contribution is 5.28. The van der Waals surface area contributed by atoms with E-state index in [4.69, 9.17) is 9.26 Å². The van der Waals surface area contributed by atoms with Crippen LogP contribution in [0.3, 0.4) is 0 Å². The van der Waals surface area contributed by atoms with E-state index in [-0.39, 0.29) is 12.4 Å². The number of rotatable bonds is 6. The first-order chi connectivity index (χ1) is 11.1. The lowest BCUT2D eigenvalue weighted by Gasteiger charge is -2.00. The Morgan fingerprint density at radius 2 is 2.09 bits per heavy atom. The third kappa shape index (κ3) is 3.51. The maximum Gasteiger partial charge on any atom is 0.389 e. The van der Waals surface area contributed by atoms with Crippen LogP contribution in [-0.4, -0.2) is 32.0 Å². The van der Waals surface area contributed by atoms with Crippen LogP contribution < -0.4 is 4.74 Å². The lowest BCUT2D eigenvalue weighted by Crippen LogP contribution is -2.02. The fourth-order valence-electron chi connectivity index (χ4n) is 2.03. The molecule has 9 heteroatoms. The standard InChI is InChI=1S/C14H13N5O4/c1-22-11-4-2-10(3-5-11)8-12-15-14(23-17-12)9-18-7-6-13(16-18)19(20)21/h2-7H,8-9H2,1H3. The summed E-state index contributed by atoms with van der Waals surface area (Å²) in [5.74, 6) is 1.43. The monoisotopic (exact) mass is 315 g/mol. The number of ether oxygens (including phenoxy) is 1. The Balaban J connectivity index is 1.65. The smallest absolute Gasteiger partial charge is 0.389 e. The summed E-state index contributed by atoms with van der Waals surface area (Å²) < 4.78 is 11.6. The SMILES string of the molecule is COc1ccc(Cc2noc(Cn3ccc([N+](=O)[O-])n3)n2)cc1. The van der Waals surface area contributed by atoms with Crippen LogP contribution in [0.1, 0.15) is 17.3 Å². The first-order valence-electron chi connectivity index (χ1n) is 6.76. The number of nitro groups is 1. The van der Waals surface area contributed by atoms with E-state index in [1.165, 1.54) is 16.9 Å². The van der Waals surface area contributed by atoms with E-state index in [0.29, 0.717) is 18.1 Å². The van der Waals surface area contributed by atoms with Gasteiger partial charge in [-0.1, -0.05) is 17.3 Å². The molecule has 0 bridgehead atoms. The summed E-state index contributed by atoms with van der Waals surface area (Å²) in [5, 5.41) is 18.3. The van der Waals surface area contributed by atoms with E-state index in [1.807, 2.05) is 24.3 Å². The van der Waals surface area contributed by atoms with Crippen LogP contribution in [0.2, 0.25) is 0 Å². The molecule has 118 valence electrons. The molecule has 0 aliphatic heterocycles. The molecule has 0 fully saturated rings. The van der Waals surface area contributed by atoms with Gasteiger partial charge in [0.15, 0.2) is 5.82 Å². The van der Waals surface area contributed by atoms with Crippen molar-refractivity contribution in [3.63, 3.8) is 0 Å². The van der Waals surface area contributed by atoms with Gasteiger partial charge in [0.25, 0.3) is 0 Å². The van der Waals surface area contributed by atoms with Crippen molar-refractivity contribution in [2.24, 2.45) is 0 Å². The predicted molar refractivity (Wildman–Crippen MR) is 78.1 cm³/mol. The van der Waals surface area contributed by atoms with E-state index >= 15 is 0 Å². The molecule has 0 saturated heterocycles. The fourth-order valence-corrected chi connectivity index (χ4v) is 2.03. The largest absolute Gasteiger partial charge is 0.497 e. The average molecular weight is 315 g/mol. The van der Waals surface area contributed by atoms with Crippen molar-refractivity contribution >= 4 is 5.82 Å². The zero-order valence-corrected chi connectivity index (χ0v) is 12.2. The van der Waals surface area contributed by atoms with Crippen LogP contribution >= 0.6 is 0 Å². The molecular formula is C14H13N5O4. The molecule has 1 aromatic carbocycles. The number of aromatic nitrogens is 4. The molecule has 3 aromatic rings. The van der Waals surface area contributed by atoms with Crippen molar-refractivity contribution < 1.29 is 14.2 Å². The lowest BCUT2D eigenvalue weighted by molar-refractivity contribution is -0.389. The number of benzene rings is 1. The molecule has 9 nitrogen and oxygen atoms in total. The first-order valence-corrected chi connectivity index (χ1v) is 6.76. The summed E-state index contributed by atoms with van der Waals surface area (Å²) in [6.45, 7) is 0.184. The number of nitrogens with zero attached hydrogens (tertiary/aromatic N) is 5. The van der Waals surface area contributed by atoms with Gasteiger partial charge in [-0.2, -0.15) is 9.67 Å². The van der Waals surface area contributed by atoms with Gasteiger partial charge >= 0.3 is 5.82 Å². The molecule has 0 radical (unpaired) electrons. The summed E-state index contributed by atoms with van der Waals surface area (Å²) in [6, 6.07) is 8.88. The van der Waals surface area contributed by atoms with Crippen molar-refractivity contribution in [1.29, 1.82) is 0 Å². The molecule has 0 aliphatic rings. The normalized spacial score (nSPS) is 10.7. The minimum atomic E-state index is -0.556. The average Bonchev–Trinajstić information content (AvgIpc) is 3.18. The summed E-state index contributed by atoms with van der Waals surface area (Å²) in [5.41, 5.74) is 1.02. The molecular weight excluding hydrogens is 302 g/mol. The minimum absolute atomic E-state index is 0.184. The van der Waals surface area contributed by atoms with Gasteiger partial charge < -0.3 is 19.4 Å². The molecule has 2 aromatic heterocycles. The molecule has 3 rings (SSSR count). The summed E-state index contributed by atoms with van der Waals surface area (Å²) in [6.07, 6.45) is 2.01. The molecule has 0 aliphatic carbocycles. The second-order valence-electron chi connectivity index (χ2n) is 4.76. The lowest BCUT2D eigenvalue weighted by atomic mass is 10.1. The van der Waals surface area contributed by atoms with E-state index in [9.17, 15) is 10.1 Å². The van der Waals surface area contributed by atoms with Gasteiger partial charge in [0.2, 0.25) is 5.89 Å². The van der Waals surface area contributed by atoms with Crippen LogP contribution in [0.25, 0.3) is 0 Å². The highest BCUT2D eigenvalue weighted by atomic mass is 16.6. The zero-order chi connectivity index (χ0) is 16.2. The van der Waals surface area contributed by atoms with Crippen molar-refractivity contribution in [2.75, 3.05) is 7.11 Å². The van der Waals surface area contributed by atoms with Gasteiger partial charge in [-0.05, 0) is 22.6 Å². The molecule has 0 N–H and O–H groups in total. The molecule has 0 saturated carbocycles. The minimum Gasteiger partial charge on any atom is -0.497 e. The van der Waals surface area contributed by atoms with Crippen molar-refractivity contribution in [3.8, 4) is 5.75 Å². The van der Waals surface area contributed by atoms with Crippen LogP contribution in [0.5, 0.6) is 5.75 Å². The number of hydrogen-bond acceptors (Lipinski definition) is 7. The van der Waals surface area contributed by atoms with Gasteiger partial charge in [0.05, 0.1) is 24.5 Å². The van der Waals surface area contributed by atoms with Gasteiger partial charge in [-0.3, -0.25) is 0 Å². The summed E-state index contributed by atoms with van der Waals surface area (Å²) >= 11 is 0. The quantitative estimate of drug-likeness (QED) is 0.504. The molecule has 0 amide bonds. The van der Waals surface area contributed by atoms with Crippen LogP contribution in [0.15, 0.2) is 41.1 Å². The maximum atomic E-state index is 10.6. The number of methoxy groups -OCH3 is 1. The Hall–Kier alpha value is -3.23. The number of hydrogen-bond donors (Lipinski definition) is 0. The van der Waals surface area contributed by atoms with Crippen LogP contribution in [-0.2, 0) is 13.0 Å². The van der Waals surface area contributed by atoms with Gasteiger partial charge in [0, 0.05) is 6.42 Å². The highest BCUT2D eigenvalue weighted by Gasteiger charge is 2.14. The second kappa shape index (κ2) is 6.26. The van der Waals surface area contributed by atoms with E-state index in [2.05, 4.69) is 15.2 Å². The Kier molecular flexibility index (Phi) is 4.00. The predicted octanol–water partition coefficient (Wildman–Crippen LogP) is 1.82. The zero-order valence-electron chi connectivity index (χ0n) is 12.2. The first kappa shape index (κ1) is 14.7. The third-order valence-corrected chi connectivity index (χ3v) is 3.14. The topological polar surface area (TPSA) is 109 Å². The molecule has 0 spiro atoms. The van der Waals surface area contributed by atoms with Gasteiger partial charge in [-0.15, -0.1) is 0 Å². The highest BCUT2D eigenvalue weighted by Crippen LogP contribution is 2.14. The Bertz CT molecular complexity index is 809. The summed E-state index contributed by atoms with van der Waals surface area (Å²) in [7, 11) is 1.61. The Morgan fingerprint density at radius 3 is 2.74 bits per heavy atom. The van der Waals surface area contributed by atoms with Crippen molar-refractivity contribution in [2.45, 2.75) is 13.0 Å². The third-order valence-electron chi connectivity index (χ3n) is 3.14. The van der Waals surface area contributed by atoms with Crippen LogP contribution in [0, 0.1) is 10.1 Å². The molecule has 0 atom stereocenters. The van der Waals surface area contributed by atoms with Crippen LogP contribution in [0.4, 0.5) is 5.82 Å². The molecule has 2 heterocycles. The van der Waals surface area contributed by atoms with Crippen molar-refractivity contribution in [1.82, 2.24) is 19.9 Å². The van der Waals surface area contributed by atoms with E-state index < -0.39 is 4.92 Å². The van der Waals surface area contributed by atoms with E-state index in [0.717, 1.165) is 11.3 Å². The van der Waals surface area contributed by atoms with Crippen molar-refractivity contribution in [3.05, 3.63) is 63.9 Å². The van der Waals surface area contributed by atoms with E-state index in [1.54, 1.807) is 7.11 Å². The Labute approximate surface area is 130 Å².